The molecule has 0 radical (unpaired) electrons. The molecule has 0 aromatic heterocycles. The number of nitrogens with two attached hydrogens (primary N) is 1. The molecule has 0 atom stereocenters. The van der Waals surface area contributed by atoms with Gasteiger partial charge in [-0.3, -0.25) is 10.2 Å². The van der Waals surface area contributed by atoms with E-state index in [0.29, 0.717) is 29.0 Å². The number of amides is 1. The molecule has 0 bridgehead atoms. The molecule has 0 spiro atoms. The van der Waals surface area contributed by atoms with E-state index in [-0.39, 0.29) is 12.3 Å². The zero-order valence-corrected chi connectivity index (χ0v) is 17.1. The maximum atomic E-state index is 12.4. The molecule has 0 heterocycles. The number of hydrogen-bond donors (Lipinski definition) is 4. The second-order valence-electron chi connectivity index (χ2n) is 6.51. The van der Waals surface area contributed by atoms with Gasteiger partial charge in [0.05, 0.1) is 23.6 Å². The van der Waals surface area contributed by atoms with Gasteiger partial charge in [0.2, 0.25) is 0 Å². The second kappa shape index (κ2) is 10.9. The summed E-state index contributed by atoms with van der Waals surface area (Å²) in [5, 5.41) is 9.90. The molecule has 0 fully saturated rings. The Bertz CT molecular complexity index is 958. The van der Waals surface area contributed by atoms with Crippen LogP contribution >= 0.6 is 0 Å². The highest BCUT2D eigenvalue weighted by Gasteiger charge is 2.31. The molecule has 2 rings (SSSR count). The number of nitrogens with one attached hydrogen (secondary N) is 3. The van der Waals surface area contributed by atoms with Gasteiger partial charge in [-0.25, -0.2) is 0 Å². The summed E-state index contributed by atoms with van der Waals surface area (Å²) in [4.78, 5) is 12.4. The number of benzene rings is 2. The molecule has 0 saturated carbocycles. The van der Waals surface area contributed by atoms with E-state index in [1.807, 2.05) is 19.9 Å². The van der Waals surface area contributed by atoms with Crippen LogP contribution in [0.5, 0.6) is 5.75 Å². The summed E-state index contributed by atoms with van der Waals surface area (Å²) in [6.45, 7) is 4.20. The van der Waals surface area contributed by atoms with Crippen LogP contribution in [-0.2, 0) is 6.54 Å². The van der Waals surface area contributed by atoms with E-state index in [9.17, 15) is 18.0 Å². The summed E-state index contributed by atoms with van der Waals surface area (Å²) in [7, 11) is 0. The summed E-state index contributed by atoms with van der Waals surface area (Å²) in [6, 6.07) is 10.2. The quantitative estimate of drug-likeness (QED) is 0.271. The minimum absolute atomic E-state index is 0.0304. The van der Waals surface area contributed by atoms with Crippen molar-refractivity contribution in [2.75, 3.05) is 17.6 Å². The van der Waals surface area contributed by atoms with E-state index >= 15 is 0 Å². The van der Waals surface area contributed by atoms with Gasteiger partial charge in [0.25, 0.3) is 5.91 Å². The number of hydrogen-bond acceptors (Lipinski definition) is 6. The smallest absolute Gasteiger partial charge is 0.406 e. The number of carbonyl (C=O) groups excluding carboxylic acids is 1. The Morgan fingerprint density at radius 1 is 1.23 bits per heavy atom. The maximum absolute atomic E-state index is 12.4. The Morgan fingerprint density at radius 3 is 2.68 bits per heavy atom. The van der Waals surface area contributed by atoms with Gasteiger partial charge in [-0.15, -0.1) is 13.2 Å². The van der Waals surface area contributed by atoms with Gasteiger partial charge in [0, 0.05) is 18.3 Å². The van der Waals surface area contributed by atoms with Crippen molar-refractivity contribution in [3.63, 3.8) is 0 Å². The first-order valence-corrected chi connectivity index (χ1v) is 9.34. The third-order valence-electron chi connectivity index (χ3n) is 3.93. The van der Waals surface area contributed by atoms with Gasteiger partial charge in [-0.2, -0.15) is 5.10 Å². The van der Waals surface area contributed by atoms with Crippen LogP contribution in [0.2, 0.25) is 0 Å². The van der Waals surface area contributed by atoms with Crippen molar-refractivity contribution in [1.82, 2.24) is 10.7 Å². The predicted octanol–water partition coefficient (Wildman–Crippen LogP) is 4.01. The van der Waals surface area contributed by atoms with Crippen LogP contribution in [0.25, 0.3) is 0 Å². The summed E-state index contributed by atoms with van der Waals surface area (Å²) in [5.41, 5.74) is 11.4. The molecule has 0 saturated heterocycles. The average molecular weight is 435 g/mol. The van der Waals surface area contributed by atoms with Crippen molar-refractivity contribution in [3.05, 3.63) is 65.9 Å². The SMILES string of the molecule is C/C=C/N/N=C(\C)CNc1ccc(C(=O)NCc2cccc(OC(F)(F)F)c2)cc1N. The summed E-state index contributed by atoms with van der Waals surface area (Å²) in [6.07, 6.45) is -1.26. The van der Waals surface area contributed by atoms with Crippen molar-refractivity contribution >= 4 is 23.0 Å². The van der Waals surface area contributed by atoms with Gasteiger partial charge >= 0.3 is 6.36 Å². The molecule has 2 aromatic carbocycles. The Morgan fingerprint density at radius 2 is 2.00 bits per heavy atom. The van der Waals surface area contributed by atoms with E-state index in [1.165, 1.54) is 24.3 Å². The first-order valence-electron chi connectivity index (χ1n) is 9.34. The van der Waals surface area contributed by atoms with Crippen LogP contribution in [0.15, 0.2) is 59.8 Å². The van der Waals surface area contributed by atoms with Crippen LogP contribution in [0.1, 0.15) is 29.8 Å². The van der Waals surface area contributed by atoms with E-state index in [4.69, 9.17) is 5.73 Å². The van der Waals surface area contributed by atoms with Gasteiger partial charge in [-0.1, -0.05) is 18.2 Å². The number of carbonyl (C=O) groups is 1. The highest BCUT2D eigenvalue weighted by atomic mass is 19.4. The number of halogens is 3. The van der Waals surface area contributed by atoms with Crippen LogP contribution in [0, 0.1) is 0 Å². The fourth-order valence-corrected chi connectivity index (χ4v) is 2.49. The third-order valence-corrected chi connectivity index (χ3v) is 3.93. The fraction of sp³-hybridized carbons (Fsp3) is 0.238. The second-order valence-corrected chi connectivity index (χ2v) is 6.51. The van der Waals surface area contributed by atoms with Crippen LogP contribution in [0.4, 0.5) is 24.5 Å². The number of hydrazone groups is 1. The number of anilines is 2. The largest absolute Gasteiger partial charge is 0.573 e. The van der Waals surface area contributed by atoms with Crippen molar-refractivity contribution in [1.29, 1.82) is 0 Å². The lowest BCUT2D eigenvalue weighted by molar-refractivity contribution is -0.274. The summed E-state index contributed by atoms with van der Waals surface area (Å²) < 4.78 is 40.9. The Kier molecular flexibility index (Phi) is 8.30. The maximum Gasteiger partial charge on any atom is 0.573 e. The van der Waals surface area contributed by atoms with Crippen molar-refractivity contribution in [2.24, 2.45) is 5.10 Å². The van der Waals surface area contributed by atoms with E-state index in [1.54, 1.807) is 24.4 Å². The number of allylic oxidation sites excluding steroid dienone is 1. The lowest BCUT2D eigenvalue weighted by atomic mass is 10.1. The minimum Gasteiger partial charge on any atom is -0.406 e. The zero-order valence-electron chi connectivity index (χ0n) is 17.1. The van der Waals surface area contributed by atoms with Crippen LogP contribution < -0.4 is 26.5 Å². The summed E-state index contributed by atoms with van der Waals surface area (Å²) >= 11 is 0. The lowest BCUT2D eigenvalue weighted by Crippen LogP contribution is -2.23. The zero-order chi connectivity index (χ0) is 22.9. The third kappa shape index (κ3) is 8.29. The van der Waals surface area contributed by atoms with Crippen molar-refractivity contribution in [3.8, 4) is 5.75 Å². The highest BCUT2D eigenvalue weighted by molar-refractivity contribution is 5.96. The molecular weight excluding hydrogens is 411 g/mol. The van der Waals surface area contributed by atoms with Crippen molar-refractivity contribution in [2.45, 2.75) is 26.8 Å². The number of nitrogens with zero attached hydrogens (tertiary/aromatic N) is 1. The highest BCUT2D eigenvalue weighted by Crippen LogP contribution is 2.23. The van der Waals surface area contributed by atoms with Crippen LogP contribution in [0.3, 0.4) is 0 Å². The minimum atomic E-state index is -4.78. The topological polar surface area (TPSA) is 101 Å². The van der Waals surface area contributed by atoms with Gasteiger partial charge < -0.3 is 21.1 Å². The molecule has 5 N–H and O–H groups in total. The van der Waals surface area contributed by atoms with E-state index in [0.717, 1.165) is 5.71 Å². The molecule has 10 heteroatoms. The Balaban J connectivity index is 1.94. The molecule has 0 aliphatic rings. The van der Waals surface area contributed by atoms with Crippen molar-refractivity contribution < 1.29 is 22.7 Å². The molecular formula is C21H24F3N5O2. The number of ether oxygens (including phenoxy) is 1. The number of alkyl halides is 3. The van der Waals surface area contributed by atoms with Crippen LogP contribution in [-0.4, -0.2) is 24.5 Å². The molecule has 31 heavy (non-hydrogen) atoms. The monoisotopic (exact) mass is 435 g/mol. The normalized spacial score (nSPS) is 12.0. The summed E-state index contributed by atoms with van der Waals surface area (Å²) in [5.74, 6) is -0.757. The van der Waals surface area contributed by atoms with Gasteiger partial charge in [0.1, 0.15) is 5.75 Å². The molecule has 0 unspecified atom stereocenters. The Hall–Kier alpha value is -3.69. The molecule has 7 nitrogen and oxygen atoms in total. The van der Waals surface area contributed by atoms with Gasteiger partial charge in [0.15, 0.2) is 0 Å². The average Bonchev–Trinajstić information content (AvgIpc) is 2.70. The first kappa shape index (κ1) is 23.6. The lowest BCUT2D eigenvalue weighted by Gasteiger charge is -2.12. The Labute approximate surface area is 178 Å². The fourth-order valence-electron chi connectivity index (χ4n) is 2.49. The molecule has 0 aliphatic heterocycles. The van der Waals surface area contributed by atoms with Gasteiger partial charge in [-0.05, 0) is 49.7 Å². The molecule has 166 valence electrons. The number of nitrogen functional groups attached to an aromatic ring is 1. The molecule has 1 amide bonds. The van der Waals surface area contributed by atoms with E-state index < -0.39 is 12.3 Å². The number of rotatable bonds is 9. The standard InChI is InChI=1S/C21H24F3N5O2/c1-3-9-28-29-14(2)12-26-19-8-7-16(11-18(19)25)20(30)27-13-15-5-4-6-17(10-15)31-21(22,23)24/h3-11,26,28H,12-13,25H2,1-2H3,(H,27,30)/b9-3+,29-14+. The predicted molar refractivity (Wildman–Crippen MR) is 115 cm³/mol. The van der Waals surface area contributed by atoms with E-state index in [2.05, 4.69) is 25.9 Å². The molecule has 2 aromatic rings. The molecule has 0 aliphatic carbocycles. The first-order chi connectivity index (χ1) is 14.7.